The van der Waals surface area contributed by atoms with Crippen LogP contribution in [0.2, 0.25) is 0 Å². The SMILES string of the molecule is [2H]C([2H])([2H])C(c1ccc(O)c2nc(-c3[c-]c4c(cc3)N(C)c3ccccc3N4c3ccc(C)cn3)ccc12)(C([2H])([2H])[2H])C([2H])([2H])[2H].[Pt]. The number of anilines is 5. The fraction of sp³-hybridized carbons (Fsp3) is 0.188. The molecule has 1 aliphatic rings. The minimum absolute atomic E-state index is 0. The Kier molecular flexibility index (Phi) is 4.28. The molecule has 0 unspecified atom stereocenters. The molecule has 194 valence electrons. The fourth-order valence-electron chi connectivity index (χ4n) is 4.76. The molecule has 6 rings (SSSR count). The first-order chi connectivity index (χ1) is 21.5. The van der Waals surface area contributed by atoms with Crippen molar-refractivity contribution in [1.82, 2.24) is 9.97 Å². The average molecular weight is 690 g/mol. The number of pyridine rings is 2. The van der Waals surface area contributed by atoms with E-state index in [4.69, 9.17) is 12.3 Å². The molecule has 0 aliphatic carbocycles. The van der Waals surface area contributed by atoms with Crippen molar-refractivity contribution in [3.05, 3.63) is 96.2 Å². The van der Waals surface area contributed by atoms with Crippen LogP contribution in [0.3, 0.4) is 0 Å². The molecule has 0 bridgehead atoms. The maximum atomic E-state index is 10.9. The molecule has 2 aromatic heterocycles. The van der Waals surface area contributed by atoms with Gasteiger partial charge in [-0.1, -0.05) is 57.0 Å². The third kappa shape index (κ3) is 4.25. The summed E-state index contributed by atoms with van der Waals surface area (Å²) in [5.41, 5.74) is 1.36. The largest absolute Gasteiger partial charge is 0.506 e. The fourth-order valence-corrected chi connectivity index (χ4v) is 4.76. The Labute approximate surface area is 250 Å². The van der Waals surface area contributed by atoms with E-state index in [0.717, 1.165) is 34.8 Å². The van der Waals surface area contributed by atoms with Crippen molar-refractivity contribution in [2.24, 2.45) is 0 Å². The van der Waals surface area contributed by atoms with E-state index in [0.29, 0.717) is 22.8 Å². The van der Waals surface area contributed by atoms with Crippen LogP contribution in [0, 0.1) is 13.0 Å². The number of aryl methyl sites for hydroxylation is 1. The summed E-state index contributed by atoms with van der Waals surface area (Å²) in [6, 6.07) is 24.0. The van der Waals surface area contributed by atoms with Gasteiger partial charge in [-0.3, -0.25) is 4.98 Å². The number of para-hydroxylation sites is 2. The van der Waals surface area contributed by atoms with Crippen molar-refractivity contribution in [3.8, 4) is 17.0 Å². The van der Waals surface area contributed by atoms with Crippen molar-refractivity contribution in [3.63, 3.8) is 0 Å². The molecule has 1 N–H and O–H groups in total. The van der Waals surface area contributed by atoms with Crippen LogP contribution in [0.15, 0.2) is 79.0 Å². The zero-order valence-corrected chi connectivity index (χ0v) is 22.8. The van der Waals surface area contributed by atoms with Crippen LogP contribution in [-0.2, 0) is 26.5 Å². The second-order valence-corrected chi connectivity index (χ2v) is 9.16. The van der Waals surface area contributed by atoms with Gasteiger partial charge in [0.05, 0.1) is 11.4 Å². The van der Waals surface area contributed by atoms with Crippen molar-refractivity contribution in [1.29, 1.82) is 0 Å². The quantitative estimate of drug-likeness (QED) is 0.191. The molecule has 0 amide bonds. The number of aromatic nitrogens is 2. The summed E-state index contributed by atoms with van der Waals surface area (Å²) in [6.45, 7) is -8.44. The number of phenolic OH excluding ortho intramolecular Hbond substituents is 1. The summed E-state index contributed by atoms with van der Waals surface area (Å²) >= 11 is 0. The van der Waals surface area contributed by atoms with E-state index in [9.17, 15) is 5.11 Å². The van der Waals surface area contributed by atoms with E-state index in [1.807, 2.05) is 66.2 Å². The second-order valence-electron chi connectivity index (χ2n) is 9.16. The van der Waals surface area contributed by atoms with Crippen LogP contribution < -0.4 is 9.80 Å². The first-order valence-corrected chi connectivity index (χ1v) is 11.7. The van der Waals surface area contributed by atoms with Crippen molar-refractivity contribution < 1.29 is 38.5 Å². The van der Waals surface area contributed by atoms with Gasteiger partial charge in [-0.05, 0) is 64.8 Å². The molecule has 1 aliphatic heterocycles. The van der Waals surface area contributed by atoms with Gasteiger partial charge in [-0.2, -0.15) is 0 Å². The molecule has 6 heteroatoms. The number of hydrogen-bond acceptors (Lipinski definition) is 5. The van der Waals surface area contributed by atoms with E-state index in [-0.39, 0.29) is 37.7 Å². The number of benzene rings is 3. The molecule has 0 saturated heterocycles. The number of aromatic hydroxyl groups is 1. The van der Waals surface area contributed by atoms with Gasteiger partial charge in [0, 0.05) is 52.0 Å². The number of nitrogens with zero attached hydrogens (tertiary/aromatic N) is 4. The van der Waals surface area contributed by atoms with E-state index >= 15 is 0 Å². The van der Waals surface area contributed by atoms with E-state index in [1.54, 1.807) is 12.3 Å². The third-order valence-corrected chi connectivity index (χ3v) is 6.61. The molecule has 5 aromatic rings. The molecule has 0 saturated carbocycles. The van der Waals surface area contributed by atoms with Crippen LogP contribution in [0.4, 0.5) is 28.6 Å². The average Bonchev–Trinajstić information content (AvgIpc) is 2.97. The molecule has 0 radical (unpaired) electrons. The predicted molar refractivity (Wildman–Crippen MR) is 152 cm³/mol. The third-order valence-electron chi connectivity index (χ3n) is 6.61. The van der Waals surface area contributed by atoms with Gasteiger partial charge in [0.15, 0.2) is 0 Å². The Balaban J connectivity index is 0.00000433. The smallest absolute Gasteiger partial charge is 0.140 e. The van der Waals surface area contributed by atoms with Gasteiger partial charge in [0.1, 0.15) is 17.1 Å². The maximum Gasteiger partial charge on any atom is 0.140 e. The summed E-state index contributed by atoms with van der Waals surface area (Å²) in [5.74, 6) is 0.304. The van der Waals surface area contributed by atoms with Gasteiger partial charge < -0.3 is 14.9 Å². The van der Waals surface area contributed by atoms with Gasteiger partial charge in [-0.15, -0.1) is 23.8 Å². The molecule has 0 atom stereocenters. The van der Waals surface area contributed by atoms with Gasteiger partial charge in [0.2, 0.25) is 0 Å². The predicted octanol–water partition coefficient (Wildman–Crippen LogP) is 7.96. The standard InChI is InChI=1S/C32H29N4O.Pt/c1-20-10-17-30(33-19-20)36-27-9-7-6-8-25(27)35(5)26-15-11-21(18-28(26)36)24-14-12-22-23(32(2,3)4)13-16-29(37)31(22)34-24;/h6-17,19,37H,1-5H3;/q-1;/i2D3,3D3,4D3;. The first-order valence-electron chi connectivity index (χ1n) is 16.2. The zero-order chi connectivity index (χ0) is 33.4. The van der Waals surface area contributed by atoms with E-state index < -0.39 is 31.5 Å². The molecular weight excluding hydrogens is 651 g/mol. The zero-order valence-electron chi connectivity index (χ0n) is 29.6. The Morgan fingerprint density at radius 1 is 0.895 bits per heavy atom. The minimum atomic E-state index is -3.46. The minimum Gasteiger partial charge on any atom is -0.506 e. The Morgan fingerprint density at radius 2 is 1.68 bits per heavy atom. The van der Waals surface area contributed by atoms with Crippen molar-refractivity contribution in [2.45, 2.75) is 32.9 Å². The maximum absolute atomic E-state index is 10.9. The Morgan fingerprint density at radius 3 is 2.42 bits per heavy atom. The van der Waals surface area contributed by atoms with E-state index in [1.165, 1.54) is 12.1 Å². The van der Waals surface area contributed by atoms with Crippen molar-refractivity contribution >= 4 is 39.5 Å². The van der Waals surface area contributed by atoms with Crippen LogP contribution in [-0.4, -0.2) is 22.1 Å². The Hall–Kier alpha value is -3.69. The molecule has 5 nitrogen and oxygen atoms in total. The number of fused-ring (bicyclic) bond motifs is 3. The summed E-state index contributed by atoms with van der Waals surface area (Å²) in [4.78, 5) is 13.3. The van der Waals surface area contributed by atoms with Gasteiger partial charge >= 0.3 is 0 Å². The van der Waals surface area contributed by atoms with E-state index in [2.05, 4.69) is 16.0 Å². The summed E-state index contributed by atoms with van der Waals surface area (Å²) in [5, 5.41) is 10.8. The summed E-state index contributed by atoms with van der Waals surface area (Å²) in [7, 11) is 1.95. The van der Waals surface area contributed by atoms with Crippen LogP contribution in [0.1, 0.15) is 44.0 Å². The topological polar surface area (TPSA) is 52.5 Å². The summed E-state index contributed by atoms with van der Waals surface area (Å²) < 4.78 is 73.5. The second kappa shape index (κ2) is 9.56. The monoisotopic (exact) mass is 689 g/mol. The molecular formula is C32H29N4OPt-. The van der Waals surface area contributed by atoms with Gasteiger partial charge in [-0.25, -0.2) is 4.98 Å². The molecule has 3 aromatic carbocycles. The number of phenols is 1. The van der Waals surface area contributed by atoms with Crippen LogP contribution >= 0.6 is 0 Å². The Bertz CT molecular complexity index is 1940. The van der Waals surface area contributed by atoms with Crippen LogP contribution in [0.5, 0.6) is 5.75 Å². The normalized spacial score (nSPS) is 17.2. The number of rotatable bonds is 2. The number of hydrogen-bond donors (Lipinski definition) is 1. The molecule has 0 spiro atoms. The van der Waals surface area contributed by atoms with Crippen molar-refractivity contribution in [2.75, 3.05) is 16.8 Å². The first kappa shape index (κ1) is 17.0. The van der Waals surface area contributed by atoms with Gasteiger partial charge in [0.25, 0.3) is 0 Å². The molecule has 0 fully saturated rings. The van der Waals surface area contributed by atoms with Crippen LogP contribution in [0.25, 0.3) is 22.2 Å². The molecule has 38 heavy (non-hydrogen) atoms. The molecule has 3 heterocycles. The summed E-state index contributed by atoms with van der Waals surface area (Å²) in [6.07, 6.45) is 1.78.